The minimum absolute atomic E-state index is 0.104. The van der Waals surface area contributed by atoms with Gasteiger partial charge in [0.25, 0.3) is 0 Å². The van der Waals surface area contributed by atoms with Gasteiger partial charge in [-0.1, -0.05) is 131 Å². The summed E-state index contributed by atoms with van der Waals surface area (Å²) in [6.07, 6.45) is -3.48. The molecule has 2 heterocycles. The Morgan fingerprint density at radius 3 is 1.30 bits per heavy atom. The molecule has 14 amide bonds. The SMILES string of the molecule is CC(N)C(=O)NCC(=O)N[C@@H]1CSSC[C@H](C(=O)O)NC(=O)[C@H](CO)NC(=O)[C@H](C(C)O)NC(=O)[C@H](Cc2ccccc2)NC(=O)[C@H](C(C)O)NC(=O)[C@H](CCCCN)NC(=O)[C@H](Cc2c[nH]c3ccccc23)NC(=O)[C@H](Cc2ccccc2)NC(=O)[C@H](Cc2ccccc2)NC(=O)[C@H](CC(N)=O)NC(=O)[C@H](CCCCN)NC1=O. The summed E-state index contributed by atoms with van der Waals surface area (Å²) < 4.78 is 0. The van der Waals surface area contributed by atoms with Gasteiger partial charge in [0.15, 0.2) is 0 Å². The number of carboxylic acid groups (broad SMARTS) is 1. The number of fused-ring (bicyclic) bond motifs is 1. The lowest BCUT2D eigenvalue weighted by atomic mass is 10.00. The predicted molar refractivity (Wildman–Crippen MR) is 425 cm³/mol. The Hall–Kier alpha value is -11.1. The maximum atomic E-state index is 15.4. The molecule has 37 nitrogen and oxygen atoms in total. The van der Waals surface area contributed by atoms with Gasteiger partial charge in [0.2, 0.25) is 82.7 Å². The number of primary amides is 1. The van der Waals surface area contributed by atoms with E-state index >= 15 is 14.4 Å². The fourth-order valence-corrected chi connectivity index (χ4v) is 14.3. The van der Waals surface area contributed by atoms with E-state index in [0.29, 0.717) is 39.6 Å². The van der Waals surface area contributed by atoms with Crippen molar-refractivity contribution in [2.24, 2.45) is 22.9 Å². The van der Waals surface area contributed by atoms with E-state index in [4.69, 9.17) is 22.9 Å². The summed E-state index contributed by atoms with van der Waals surface area (Å²) in [6, 6.07) is 9.57. The quantitative estimate of drug-likeness (QED) is 0.0182. The van der Waals surface area contributed by atoms with Gasteiger partial charge in [-0.2, -0.15) is 0 Å². The summed E-state index contributed by atoms with van der Waals surface area (Å²) in [5, 5.41) is 76.1. The number of para-hydroxylation sites is 1. The normalized spacial score (nSPS) is 23.7. The van der Waals surface area contributed by atoms with E-state index in [1.165, 1.54) is 6.92 Å². The molecule has 39 heteroatoms. The number of aromatic amines is 1. The molecule has 5 aromatic rings. The van der Waals surface area contributed by atoms with Crippen molar-refractivity contribution >= 4 is 121 Å². The maximum Gasteiger partial charge on any atom is 0.327 e. The first kappa shape index (κ1) is 92.8. The molecule has 1 fully saturated rings. The Bertz CT molecular complexity index is 4130. The second-order valence-corrected chi connectivity index (χ2v) is 30.1. The summed E-state index contributed by atoms with van der Waals surface area (Å²) in [6.45, 7) is 1.88. The summed E-state index contributed by atoms with van der Waals surface area (Å²) in [4.78, 5) is 217. The zero-order chi connectivity index (χ0) is 84.3. The first-order valence-electron chi connectivity index (χ1n) is 37.4. The number of carbonyl (C=O) groups is 15. The van der Waals surface area contributed by atoms with E-state index < -0.39 is 210 Å². The molecule has 0 aliphatic carbocycles. The lowest BCUT2D eigenvalue weighted by Gasteiger charge is -2.29. The number of carbonyl (C=O) groups excluding carboxylic acids is 14. The molecular weight excluding hydrogens is 1530 g/mol. The fraction of sp³-hybridized carbons (Fsp3) is 0.461. The highest BCUT2D eigenvalue weighted by molar-refractivity contribution is 8.76. The number of hydrogen-bond donors (Lipinski definition) is 22. The minimum atomic E-state index is -1.99. The molecule has 1 aliphatic heterocycles. The van der Waals surface area contributed by atoms with Gasteiger partial charge >= 0.3 is 5.97 Å². The van der Waals surface area contributed by atoms with Crippen LogP contribution in [0.4, 0.5) is 0 Å². The molecule has 0 radical (unpaired) electrons. The number of benzene rings is 4. The second kappa shape index (κ2) is 47.6. The summed E-state index contributed by atoms with van der Waals surface area (Å²) >= 11 is 0. The lowest BCUT2D eigenvalue weighted by molar-refractivity contribution is -0.142. The standard InChI is InChI=1S/C76H104N18O19S2/c1-41(79)64(100)82-37-61(99)83-58-39-114-115-40-59(76(112)113)92-72(108)57(38-95)91-75(111)63(43(3)97)94-71(107)54(33-46-23-11-6-12-24-46)90-74(110)62(42(2)96)93-66(102)51(28-16-18-30-78)84-69(105)55(34-47-36-81-49-26-14-13-25-48(47)49)88-68(104)53(32-45-21-9-5-10-22-45)86-67(103)52(31-44-19-7-4-8-20-44)87-70(106)56(35-60(80)98)89-65(101)50(85-73(58)109)27-15-17-29-77/h4-14,19-26,36,41-43,50-59,62-63,81,95-97H,15-18,27-35,37-40,77-79H2,1-3H3,(H2,80,98)(H,82,100)(H,83,99)(H,84,105)(H,85,109)(H,86,103)(H,87,106)(H,88,104)(H,89,101)(H,90,110)(H,91,111)(H,92,108)(H,93,102)(H,94,107)(H,112,113)/t41?,42?,43?,50-,51-,52-,53-,54-,55-,56-,57-,58+,59+,62-,63-/m0/s1. The van der Waals surface area contributed by atoms with Crippen LogP contribution in [-0.4, -0.2) is 243 Å². The van der Waals surface area contributed by atoms with Gasteiger partial charge in [0.1, 0.15) is 72.5 Å². The van der Waals surface area contributed by atoms with E-state index in [9.17, 15) is 78.0 Å². The lowest BCUT2D eigenvalue weighted by Crippen LogP contribution is -2.63. The van der Waals surface area contributed by atoms with E-state index in [-0.39, 0.29) is 70.9 Å². The van der Waals surface area contributed by atoms with Gasteiger partial charge in [-0.05, 0) is 101 Å². The van der Waals surface area contributed by atoms with Crippen LogP contribution in [0.5, 0.6) is 0 Å². The van der Waals surface area contributed by atoms with Gasteiger partial charge in [-0.25, -0.2) is 4.79 Å². The Morgan fingerprint density at radius 1 is 0.470 bits per heavy atom. The van der Waals surface area contributed by atoms with Gasteiger partial charge < -0.3 is 117 Å². The molecule has 624 valence electrons. The van der Waals surface area contributed by atoms with Crippen LogP contribution in [0.15, 0.2) is 121 Å². The molecule has 115 heavy (non-hydrogen) atoms. The number of aromatic nitrogens is 1. The van der Waals surface area contributed by atoms with Crippen molar-refractivity contribution in [2.75, 3.05) is 37.7 Å². The van der Waals surface area contributed by atoms with E-state index in [2.05, 4.69) is 74.1 Å². The number of hydrogen-bond acceptors (Lipinski definition) is 23. The fourth-order valence-electron chi connectivity index (χ4n) is 11.9. The van der Waals surface area contributed by atoms with Crippen LogP contribution in [0.3, 0.4) is 0 Å². The van der Waals surface area contributed by atoms with Crippen LogP contribution < -0.4 is 92.1 Å². The van der Waals surface area contributed by atoms with Crippen molar-refractivity contribution in [3.63, 3.8) is 0 Å². The van der Waals surface area contributed by atoms with Crippen LogP contribution in [0.25, 0.3) is 10.9 Å². The summed E-state index contributed by atoms with van der Waals surface area (Å²) in [5.41, 5.74) is 25.6. The smallest absolute Gasteiger partial charge is 0.327 e. The molecule has 1 aliphatic rings. The molecule has 1 saturated heterocycles. The minimum Gasteiger partial charge on any atom is -0.480 e. The zero-order valence-electron chi connectivity index (χ0n) is 63.8. The highest BCUT2D eigenvalue weighted by Crippen LogP contribution is 2.25. The van der Waals surface area contributed by atoms with Crippen molar-refractivity contribution in [3.8, 4) is 0 Å². The molecule has 0 spiro atoms. The predicted octanol–water partition coefficient (Wildman–Crippen LogP) is -4.91. The largest absolute Gasteiger partial charge is 0.480 e. The topological polar surface area (TPSA) is 613 Å². The number of aliphatic hydroxyl groups is 3. The number of H-pyrrole nitrogens is 1. The molecule has 1 aromatic heterocycles. The van der Waals surface area contributed by atoms with E-state index in [1.807, 2.05) is 0 Å². The molecule has 0 saturated carbocycles. The number of aliphatic hydroxyl groups excluding tert-OH is 3. The molecule has 0 bridgehead atoms. The number of aliphatic carboxylic acids is 1. The van der Waals surface area contributed by atoms with Crippen molar-refractivity contribution in [1.29, 1.82) is 0 Å². The average molecular weight is 1640 g/mol. The number of unbranched alkanes of at least 4 members (excludes halogenated alkanes) is 2. The van der Waals surface area contributed by atoms with Gasteiger partial charge in [-0.15, -0.1) is 0 Å². The third-order valence-corrected chi connectivity index (χ3v) is 20.7. The first-order valence-corrected chi connectivity index (χ1v) is 39.8. The van der Waals surface area contributed by atoms with Crippen molar-refractivity contribution in [3.05, 3.63) is 144 Å². The average Bonchev–Trinajstić information content (AvgIpc) is 1.71. The van der Waals surface area contributed by atoms with Crippen LogP contribution in [-0.2, 0) is 97.6 Å². The van der Waals surface area contributed by atoms with Crippen molar-refractivity contribution < 1.29 is 92.3 Å². The molecule has 6 rings (SSSR count). The maximum absolute atomic E-state index is 15.4. The van der Waals surface area contributed by atoms with Crippen LogP contribution in [0.1, 0.15) is 88.0 Å². The third-order valence-electron chi connectivity index (χ3n) is 18.3. The Kier molecular flexibility index (Phi) is 38.4. The summed E-state index contributed by atoms with van der Waals surface area (Å²) in [7, 11) is 1.49. The highest BCUT2D eigenvalue weighted by Gasteiger charge is 2.40. The van der Waals surface area contributed by atoms with Crippen molar-refractivity contribution in [1.82, 2.24) is 74.1 Å². The van der Waals surface area contributed by atoms with Crippen molar-refractivity contribution in [2.45, 2.75) is 182 Å². The molecule has 3 unspecified atom stereocenters. The van der Waals surface area contributed by atoms with E-state index in [1.54, 1.807) is 121 Å². The zero-order valence-corrected chi connectivity index (χ0v) is 65.4. The van der Waals surface area contributed by atoms with Crippen LogP contribution >= 0.6 is 21.6 Å². The highest BCUT2D eigenvalue weighted by atomic mass is 33.1. The molecular formula is C76H104N18O19S2. The number of rotatable bonds is 26. The number of carboxylic acids is 1. The van der Waals surface area contributed by atoms with E-state index in [0.717, 1.165) is 35.4 Å². The first-order chi connectivity index (χ1) is 54.9. The number of nitrogens with one attached hydrogen (secondary N) is 14. The van der Waals surface area contributed by atoms with Crippen LogP contribution in [0, 0.1) is 0 Å². The Balaban J connectivity index is 1.47. The summed E-state index contributed by atoms with van der Waals surface area (Å²) in [5.74, 6) is -17.7. The Morgan fingerprint density at radius 2 is 0.852 bits per heavy atom. The third kappa shape index (κ3) is 30.7. The number of amides is 14. The monoisotopic (exact) mass is 1640 g/mol. The van der Waals surface area contributed by atoms with Gasteiger partial charge in [0, 0.05) is 54.3 Å². The molecule has 26 N–H and O–H groups in total. The molecule has 4 aromatic carbocycles. The molecule has 15 atom stereocenters. The Labute approximate surface area is 670 Å². The number of nitrogens with two attached hydrogens (primary N) is 4. The van der Waals surface area contributed by atoms with Gasteiger partial charge in [-0.3, -0.25) is 67.1 Å². The second-order valence-electron chi connectivity index (χ2n) is 27.6. The van der Waals surface area contributed by atoms with Crippen LogP contribution in [0.2, 0.25) is 0 Å². The van der Waals surface area contributed by atoms with Gasteiger partial charge in [0.05, 0.1) is 37.8 Å².